The summed E-state index contributed by atoms with van der Waals surface area (Å²) in [4.78, 5) is 3.93. The maximum atomic E-state index is 5.38. The van der Waals surface area contributed by atoms with Crippen LogP contribution in [0.25, 0.3) is 0 Å². The fraction of sp³-hybridized carbons (Fsp3) is 0. The third-order valence-electron chi connectivity index (χ3n) is 1.37. The van der Waals surface area contributed by atoms with Crippen molar-refractivity contribution in [2.24, 2.45) is 4.99 Å². The molecule has 2 N–H and O–H groups in total. The molecule has 0 amide bonds. The molecular formula is C7H6N4O2. The molecule has 0 aliphatic heterocycles. The first-order chi connectivity index (χ1) is 6.36. The molecule has 2 aromatic heterocycles. The van der Waals surface area contributed by atoms with Crippen molar-refractivity contribution >= 4 is 17.9 Å². The third kappa shape index (κ3) is 1.56. The molecule has 0 saturated heterocycles. The van der Waals surface area contributed by atoms with Crippen LogP contribution in [0.1, 0.15) is 5.56 Å². The lowest BCUT2D eigenvalue weighted by atomic mass is 10.4. The molecule has 6 nitrogen and oxygen atoms in total. The van der Waals surface area contributed by atoms with Gasteiger partial charge in [0.05, 0.1) is 12.5 Å². The van der Waals surface area contributed by atoms with Gasteiger partial charge < -0.3 is 10.2 Å². The molecule has 0 radical (unpaired) electrons. The Morgan fingerprint density at radius 1 is 1.46 bits per heavy atom. The van der Waals surface area contributed by atoms with Crippen LogP contribution >= 0.6 is 0 Å². The minimum absolute atomic E-state index is 0.166. The van der Waals surface area contributed by atoms with Gasteiger partial charge in [0.25, 0.3) is 0 Å². The second kappa shape index (κ2) is 3.10. The molecule has 0 aromatic carbocycles. The van der Waals surface area contributed by atoms with E-state index >= 15 is 0 Å². The number of hydrogen-bond donors (Lipinski definition) is 1. The molecule has 2 aromatic rings. The molecule has 2 heterocycles. The number of nitrogen functional groups attached to an aromatic ring is 1. The van der Waals surface area contributed by atoms with Crippen molar-refractivity contribution in [1.82, 2.24) is 10.3 Å². The van der Waals surface area contributed by atoms with E-state index in [1.54, 1.807) is 24.8 Å². The fourth-order valence-electron chi connectivity index (χ4n) is 0.764. The maximum Gasteiger partial charge on any atom is 0.240 e. The minimum Gasteiger partial charge on any atom is -0.472 e. The second-order valence-corrected chi connectivity index (χ2v) is 2.29. The first-order valence-electron chi connectivity index (χ1n) is 3.50. The molecule has 2 rings (SSSR count). The number of rotatable bonds is 2. The number of nitrogens with zero attached hydrogens (tertiary/aromatic N) is 3. The van der Waals surface area contributed by atoms with Crippen molar-refractivity contribution < 1.29 is 9.05 Å². The summed E-state index contributed by atoms with van der Waals surface area (Å²) in [5, 5.41) is 6.85. The molecule has 0 aliphatic rings. The topological polar surface area (TPSA) is 90.4 Å². The van der Waals surface area contributed by atoms with Crippen LogP contribution in [-0.2, 0) is 0 Å². The Bertz CT molecular complexity index is 404. The van der Waals surface area contributed by atoms with E-state index < -0.39 is 0 Å². The zero-order chi connectivity index (χ0) is 9.10. The summed E-state index contributed by atoms with van der Waals surface area (Å²) in [5.41, 5.74) is 6.20. The molecule has 0 aliphatic carbocycles. The highest BCUT2D eigenvalue weighted by molar-refractivity contribution is 5.81. The average molecular weight is 178 g/mol. The first-order valence-corrected chi connectivity index (χ1v) is 3.50. The van der Waals surface area contributed by atoms with Gasteiger partial charge in [-0.2, -0.15) is 0 Å². The van der Waals surface area contributed by atoms with E-state index in [4.69, 9.17) is 10.2 Å². The molecule has 6 heteroatoms. The third-order valence-corrected chi connectivity index (χ3v) is 1.37. The van der Waals surface area contributed by atoms with E-state index in [1.165, 1.54) is 0 Å². The normalized spacial score (nSPS) is 11.1. The number of hydrogen-bond acceptors (Lipinski definition) is 6. The summed E-state index contributed by atoms with van der Waals surface area (Å²) in [5.74, 6) is 0.431. The highest BCUT2D eigenvalue weighted by atomic mass is 16.6. The summed E-state index contributed by atoms with van der Waals surface area (Å²) in [6.07, 6.45) is 4.65. The predicted molar refractivity (Wildman–Crippen MR) is 44.7 cm³/mol. The highest BCUT2D eigenvalue weighted by Crippen LogP contribution is 2.14. The van der Waals surface area contributed by atoms with Crippen LogP contribution in [0.4, 0.5) is 11.6 Å². The fourth-order valence-corrected chi connectivity index (χ4v) is 0.764. The number of aromatic nitrogens is 2. The molecule has 13 heavy (non-hydrogen) atoms. The van der Waals surface area contributed by atoms with E-state index in [2.05, 4.69) is 19.9 Å². The van der Waals surface area contributed by atoms with Gasteiger partial charge in [-0.1, -0.05) is 0 Å². The Morgan fingerprint density at radius 3 is 3.00 bits per heavy atom. The Labute approximate surface area is 73.0 Å². The lowest BCUT2D eigenvalue weighted by Crippen LogP contribution is -1.83. The Balaban J connectivity index is 2.19. The Kier molecular flexibility index (Phi) is 1.79. The molecule has 0 atom stereocenters. The summed E-state index contributed by atoms with van der Waals surface area (Å²) in [6.45, 7) is 0. The van der Waals surface area contributed by atoms with Crippen molar-refractivity contribution in [3.8, 4) is 0 Å². The number of nitrogens with two attached hydrogens (primary N) is 1. The molecule has 0 fully saturated rings. The molecule has 66 valence electrons. The van der Waals surface area contributed by atoms with Gasteiger partial charge in [-0.25, -0.2) is 9.62 Å². The van der Waals surface area contributed by atoms with Crippen LogP contribution in [0.5, 0.6) is 0 Å². The average Bonchev–Trinajstić information content (AvgIpc) is 2.72. The lowest BCUT2D eigenvalue weighted by molar-refractivity contribution is 0.310. The van der Waals surface area contributed by atoms with Crippen LogP contribution in [0.3, 0.4) is 0 Å². The van der Waals surface area contributed by atoms with E-state index in [-0.39, 0.29) is 11.6 Å². The molecule has 0 bridgehead atoms. The zero-order valence-electron chi connectivity index (χ0n) is 6.54. The standard InChI is InChI=1S/C7H6N4O2/c8-6-7(11-13-10-6)9-3-5-1-2-12-4-5/h1-4H,(H2,8,10). The van der Waals surface area contributed by atoms with Gasteiger partial charge in [0.1, 0.15) is 0 Å². The van der Waals surface area contributed by atoms with Crippen LogP contribution in [-0.4, -0.2) is 16.5 Å². The van der Waals surface area contributed by atoms with E-state index in [0.717, 1.165) is 5.56 Å². The van der Waals surface area contributed by atoms with E-state index in [9.17, 15) is 0 Å². The summed E-state index contributed by atoms with van der Waals surface area (Å²) >= 11 is 0. The molecule has 0 unspecified atom stereocenters. The Morgan fingerprint density at radius 2 is 2.38 bits per heavy atom. The number of aliphatic imine (C=N–C) groups is 1. The Hall–Kier alpha value is -2.11. The predicted octanol–water partition coefficient (Wildman–Crippen LogP) is 0.995. The van der Waals surface area contributed by atoms with Crippen LogP contribution in [0.2, 0.25) is 0 Å². The second-order valence-electron chi connectivity index (χ2n) is 2.29. The zero-order valence-corrected chi connectivity index (χ0v) is 6.54. The van der Waals surface area contributed by atoms with Gasteiger partial charge in [0.2, 0.25) is 11.6 Å². The van der Waals surface area contributed by atoms with Crippen molar-refractivity contribution in [3.05, 3.63) is 24.2 Å². The number of anilines is 1. The number of furan rings is 1. The quantitative estimate of drug-likeness (QED) is 0.692. The van der Waals surface area contributed by atoms with E-state index in [0.29, 0.717) is 0 Å². The molecular weight excluding hydrogens is 172 g/mol. The van der Waals surface area contributed by atoms with Crippen LogP contribution in [0, 0.1) is 0 Å². The largest absolute Gasteiger partial charge is 0.472 e. The van der Waals surface area contributed by atoms with Gasteiger partial charge in [-0.15, -0.1) is 0 Å². The smallest absolute Gasteiger partial charge is 0.240 e. The van der Waals surface area contributed by atoms with Crippen LogP contribution < -0.4 is 5.73 Å². The van der Waals surface area contributed by atoms with Crippen molar-refractivity contribution in [2.75, 3.05) is 5.73 Å². The minimum atomic E-state index is 0.166. The molecule has 0 spiro atoms. The monoisotopic (exact) mass is 178 g/mol. The SMILES string of the molecule is Nc1nonc1N=Cc1ccoc1. The lowest BCUT2D eigenvalue weighted by Gasteiger charge is -1.82. The van der Waals surface area contributed by atoms with Gasteiger partial charge >= 0.3 is 0 Å². The first kappa shape index (κ1) is 7.53. The maximum absolute atomic E-state index is 5.38. The summed E-state index contributed by atoms with van der Waals surface area (Å²) in [7, 11) is 0. The van der Waals surface area contributed by atoms with E-state index in [1.807, 2.05) is 0 Å². The van der Waals surface area contributed by atoms with Gasteiger partial charge in [0.15, 0.2) is 0 Å². The van der Waals surface area contributed by atoms with Gasteiger partial charge in [0, 0.05) is 11.8 Å². The van der Waals surface area contributed by atoms with Gasteiger partial charge in [-0.3, -0.25) is 0 Å². The van der Waals surface area contributed by atoms with Crippen molar-refractivity contribution in [1.29, 1.82) is 0 Å². The van der Waals surface area contributed by atoms with Crippen molar-refractivity contribution in [3.63, 3.8) is 0 Å². The summed E-state index contributed by atoms with van der Waals surface area (Å²) < 4.78 is 9.19. The highest BCUT2D eigenvalue weighted by Gasteiger charge is 2.01. The van der Waals surface area contributed by atoms with Gasteiger partial charge in [-0.05, 0) is 16.4 Å². The summed E-state index contributed by atoms with van der Waals surface area (Å²) in [6, 6.07) is 1.76. The van der Waals surface area contributed by atoms with Crippen LogP contribution in [0.15, 0.2) is 32.6 Å². The molecule has 0 saturated carbocycles. The van der Waals surface area contributed by atoms with Crippen molar-refractivity contribution in [2.45, 2.75) is 0 Å².